The normalized spacial score (nSPS) is 13.2. The van der Waals surface area contributed by atoms with Crippen molar-refractivity contribution in [1.82, 2.24) is 5.32 Å². The third-order valence-electron chi connectivity index (χ3n) is 3.16. The Bertz CT molecular complexity index is 498. The highest BCUT2D eigenvalue weighted by Crippen LogP contribution is 2.17. The lowest BCUT2D eigenvalue weighted by Crippen LogP contribution is -2.48. The molecule has 1 rings (SSSR count). The van der Waals surface area contributed by atoms with Gasteiger partial charge in [-0.3, -0.25) is 9.59 Å². The monoisotopic (exact) mass is 291 g/mol. The molecule has 0 aliphatic rings. The van der Waals surface area contributed by atoms with Gasteiger partial charge < -0.3 is 10.4 Å². The van der Waals surface area contributed by atoms with Gasteiger partial charge in [0.05, 0.1) is 12.5 Å². The van der Waals surface area contributed by atoms with E-state index < -0.39 is 12.0 Å². The van der Waals surface area contributed by atoms with E-state index in [1.165, 1.54) is 0 Å². The van der Waals surface area contributed by atoms with Crippen molar-refractivity contribution < 1.29 is 14.7 Å². The van der Waals surface area contributed by atoms with Crippen LogP contribution in [0.1, 0.15) is 62.9 Å². The summed E-state index contributed by atoms with van der Waals surface area (Å²) >= 11 is 0. The number of carbonyl (C=O) groups is 2. The number of carboxylic acids is 1. The highest BCUT2D eigenvalue weighted by atomic mass is 16.4. The van der Waals surface area contributed by atoms with Crippen molar-refractivity contribution in [3.8, 4) is 0 Å². The van der Waals surface area contributed by atoms with E-state index in [9.17, 15) is 9.59 Å². The number of rotatable bonds is 6. The van der Waals surface area contributed by atoms with Crippen molar-refractivity contribution in [2.24, 2.45) is 0 Å². The molecule has 1 aromatic rings. The van der Waals surface area contributed by atoms with Crippen LogP contribution >= 0.6 is 0 Å². The summed E-state index contributed by atoms with van der Waals surface area (Å²) in [7, 11) is 0. The van der Waals surface area contributed by atoms with Crippen LogP contribution in [0.2, 0.25) is 0 Å². The van der Waals surface area contributed by atoms with Gasteiger partial charge in [0, 0.05) is 11.1 Å². The van der Waals surface area contributed by atoms with E-state index in [1.807, 2.05) is 32.9 Å². The predicted molar refractivity (Wildman–Crippen MR) is 83.8 cm³/mol. The molecule has 1 aromatic carbocycles. The summed E-state index contributed by atoms with van der Waals surface area (Å²) in [6, 6.07) is 6.68. The fourth-order valence-corrected chi connectivity index (χ4v) is 2.14. The van der Waals surface area contributed by atoms with Crippen LogP contribution in [-0.4, -0.2) is 28.4 Å². The van der Waals surface area contributed by atoms with Crippen molar-refractivity contribution in [2.45, 2.75) is 58.5 Å². The number of benzene rings is 1. The summed E-state index contributed by atoms with van der Waals surface area (Å²) < 4.78 is 0. The van der Waals surface area contributed by atoms with Crippen LogP contribution in [0.15, 0.2) is 24.3 Å². The molecule has 0 bridgehead atoms. The maximum absolute atomic E-state index is 12.5. The molecule has 116 valence electrons. The molecule has 21 heavy (non-hydrogen) atoms. The zero-order valence-corrected chi connectivity index (χ0v) is 13.4. The Labute approximate surface area is 126 Å². The zero-order chi connectivity index (χ0) is 16.2. The molecule has 1 unspecified atom stereocenters. The van der Waals surface area contributed by atoms with Crippen LogP contribution in [0, 0.1) is 0 Å². The molecule has 0 heterocycles. The van der Waals surface area contributed by atoms with Gasteiger partial charge in [0.2, 0.25) is 0 Å². The minimum atomic E-state index is -0.982. The SMILES string of the molecule is CC(C)c1ccc(C(=O)C(CC(=O)O)NC(C)(C)C)cc1. The van der Waals surface area contributed by atoms with E-state index in [2.05, 4.69) is 19.2 Å². The lowest BCUT2D eigenvalue weighted by molar-refractivity contribution is -0.137. The number of hydrogen-bond acceptors (Lipinski definition) is 3. The van der Waals surface area contributed by atoms with Gasteiger partial charge in [-0.25, -0.2) is 0 Å². The maximum Gasteiger partial charge on any atom is 0.305 e. The number of ketones is 1. The smallest absolute Gasteiger partial charge is 0.305 e. The molecule has 0 aliphatic heterocycles. The lowest BCUT2D eigenvalue weighted by atomic mass is 9.95. The minimum absolute atomic E-state index is 0.178. The third kappa shape index (κ3) is 5.68. The van der Waals surface area contributed by atoms with Crippen LogP contribution in [0.25, 0.3) is 0 Å². The topological polar surface area (TPSA) is 66.4 Å². The van der Waals surface area contributed by atoms with Gasteiger partial charge in [-0.15, -0.1) is 0 Å². The van der Waals surface area contributed by atoms with E-state index in [0.717, 1.165) is 5.56 Å². The summed E-state index contributed by atoms with van der Waals surface area (Å²) in [5.41, 5.74) is 1.38. The van der Waals surface area contributed by atoms with Gasteiger partial charge in [-0.1, -0.05) is 38.1 Å². The number of aliphatic carboxylic acids is 1. The van der Waals surface area contributed by atoms with Crippen LogP contribution in [0.3, 0.4) is 0 Å². The molecular weight excluding hydrogens is 266 g/mol. The van der Waals surface area contributed by atoms with Crippen LogP contribution in [0.5, 0.6) is 0 Å². The fourth-order valence-electron chi connectivity index (χ4n) is 2.14. The predicted octanol–water partition coefficient (Wildman–Crippen LogP) is 3.22. The average molecular weight is 291 g/mol. The highest BCUT2D eigenvalue weighted by Gasteiger charge is 2.26. The Kier molecular flexibility index (Phi) is 5.67. The molecule has 0 aromatic heterocycles. The lowest BCUT2D eigenvalue weighted by Gasteiger charge is -2.27. The van der Waals surface area contributed by atoms with Crippen LogP contribution < -0.4 is 5.32 Å². The molecule has 4 heteroatoms. The molecule has 1 atom stereocenters. The zero-order valence-electron chi connectivity index (χ0n) is 13.4. The molecular formula is C17H25NO3. The average Bonchev–Trinajstić information content (AvgIpc) is 2.35. The van der Waals surface area contributed by atoms with Crippen LogP contribution in [-0.2, 0) is 4.79 Å². The summed E-state index contributed by atoms with van der Waals surface area (Å²) in [6.45, 7) is 9.92. The summed E-state index contributed by atoms with van der Waals surface area (Å²) in [4.78, 5) is 23.5. The second-order valence-electron chi connectivity index (χ2n) is 6.69. The standard InChI is InChI=1S/C17H25NO3/c1-11(2)12-6-8-13(9-7-12)16(21)14(10-15(19)20)18-17(3,4)5/h6-9,11,14,18H,10H2,1-5H3,(H,19,20). The molecule has 0 aliphatic carbocycles. The largest absolute Gasteiger partial charge is 0.481 e. The van der Waals surface area contributed by atoms with Crippen molar-refractivity contribution in [2.75, 3.05) is 0 Å². The van der Waals surface area contributed by atoms with Gasteiger partial charge in [0.1, 0.15) is 0 Å². The van der Waals surface area contributed by atoms with Gasteiger partial charge in [0.25, 0.3) is 0 Å². The fraction of sp³-hybridized carbons (Fsp3) is 0.529. The third-order valence-corrected chi connectivity index (χ3v) is 3.16. The molecule has 0 spiro atoms. The molecule has 4 nitrogen and oxygen atoms in total. The van der Waals surface area contributed by atoms with E-state index in [0.29, 0.717) is 11.5 Å². The number of Topliss-reactive ketones (excluding diaryl/α,β-unsaturated/α-hetero) is 1. The summed E-state index contributed by atoms with van der Waals surface area (Å²) in [6.07, 6.45) is -0.220. The summed E-state index contributed by atoms with van der Waals surface area (Å²) in [5.74, 6) is -0.761. The highest BCUT2D eigenvalue weighted by molar-refractivity contribution is 6.01. The van der Waals surface area contributed by atoms with E-state index in [1.54, 1.807) is 12.1 Å². The maximum atomic E-state index is 12.5. The quantitative estimate of drug-likeness (QED) is 0.790. The van der Waals surface area contributed by atoms with Gasteiger partial charge in [-0.2, -0.15) is 0 Å². The van der Waals surface area contributed by atoms with Crippen molar-refractivity contribution in [3.05, 3.63) is 35.4 Å². The van der Waals surface area contributed by atoms with Gasteiger partial charge in [-0.05, 0) is 32.3 Å². The van der Waals surface area contributed by atoms with Crippen molar-refractivity contribution in [3.63, 3.8) is 0 Å². The Hall–Kier alpha value is -1.68. The Morgan fingerprint density at radius 1 is 1.14 bits per heavy atom. The molecule has 2 N–H and O–H groups in total. The molecule has 0 fully saturated rings. The Morgan fingerprint density at radius 3 is 2.05 bits per heavy atom. The van der Waals surface area contributed by atoms with Crippen molar-refractivity contribution >= 4 is 11.8 Å². The van der Waals surface area contributed by atoms with E-state index >= 15 is 0 Å². The van der Waals surface area contributed by atoms with E-state index in [-0.39, 0.29) is 17.7 Å². The minimum Gasteiger partial charge on any atom is -0.481 e. The first kappa shape index (κ1) is 17.4. The number of carboxylic acid groups (broad SMARTS) is 1. The molecule has 0 saturated carbocycles. The van der Waals surface area contributed by atoms with Crippen LogP contribution in [0.4, 0.5) is 0 Å². The van der Waals surface area contributed by atoms with Crippen molar-refractivity contribution in [1.29, 1.82) is 0 Å². The number of carbonyl (C=O) groups excluding carboxylic acids is 1. The second-order valence-corrected chi connectivity index (χ2v) is 6.69. The molecule has 0 saturated heterocycles. The Balaban J connectivity index is 2.96. The first-order chi connectivity index (χ1) is 9.60. The molecule has 0 amide bonds. The number of nitrogens with one attached hydrogen (secondary N) is 1. The van der Waals surface area contributed by atoms with Gasteiger partial charge >= 0.3 is 5.97 Å². The molecule has 0 radical (unpaired) electrons. The first-order valence-corrected chi connectivity index (χ1v) is 7.24. The summed E-state index contributed by atoms with van der Waals surface area (Å²) in [5, 5.41) is 12.1. The van der Waals surface area contributed by atoms with E-state index in [4.69, 9.17) is 5.11 Å². The first-order valence-electron chi connectivity index (χ1n) is 7.24. The Morgan fingerprint density at radius 2 is 1.67 bits per heavy atom. The van der Waals surface area contributed by atoms with Gasteiger partial charge in [0.15, 0.2) is 5.78 Å². The second kappa shape index (κ2) is 6.85. The number of hydrogen-bond donors (Lipinski definition) is 2.